The van der Waals surface area contributed by atoms with Crippen molar-refractivity contribution in [2.75, 3.05) is 27.3 Å². The van der Waals surface area contributed by atoms with Gasteiger partial charge in [0.15, 0.2) is 11.5 Å². The van der Waals surface area contributed by atoms with Crippen LogP contribution in [0.15, 0.2) is 12.1 Å². The van der Waals surface area contributed by atoms with Gasteiger partial charge in [-0.25, -0.2) is 0 Å². The van der Waals surface area contributed by atoms with Gasteiger partial charge in [-0.15, -0.1) is 0 Å². The predicted molar refractivity (Wildman–Crippen MR) is 81.6 cm³/mol. The van der Waals surface area contributed by atoms with Crippen LogP contribution in [0.4, 0.5) is 0 Å². The molecule has 0 saturated carbocycles. The molecule has 0 radical (unpaired) electrons. The van der Waals surface area contributed by atoms with Crippen molar-refractivity contribution in [2.24, 2.45) is 11.7 Å². The van der Waals surface area contributed by atoms with E-state index in [0.717, 1.165) is 31.6 Å². The molecule has 20 heavy (non-hydrogen) atoms. The van der Waals surface area contributed by atoms with Crippen LogP contribution in [0.2, 0.25) is 5.02 Å². The summed E-state index contributed by atoms with van der Waals surface area (Å²) in [5, 5.41) is 0.624. The zero-order valence-corrected chi connectivity index (χ0v) is 13.1. The molecule has 0 bridgehead atoms. The van der Waals surface area contributed by atoms with E-state index in [1.807, 2.05) is 12.1 Å². The fourth-order valence-electron chi connectivity index (χ4n) is 2.94. The molecule has 0 spiro atoms. The minimum Gasteiger partial charge on any atom is -0.493 e. The SMILES string of the molecule is COc1ccc(CN2CC(C)CC(N)C2)c(Cl)c1OC. The van der Waals surface area contributed by atoms with E-state index in [9.17, 15) is 0 Å². The van der Waals surface area contributed by atoms with Crippen LogP contribution in [0.3, 0.4) is 0 Å². The predicted octanol–water partition coefficient (Wildman–Crippen LogP) is 2.53. The van der Waals surface area contributed by atoms with Gasteiger partial charge in [-0.3, -0.25) is 4.90 Å². The summed E-state index contributed by atoms with van der Waals surface area (Å²) in [6.45, 7) is 4.99. The summed E-state index contributed by atoms with van der Waals surface area (Å²) in [6, 6.07) is 4.14. The summed E-state index contributed by atoms with van der Waals surface area (Å²) in [7, 11) is 3.21. The van der Waals surface area contributed by atoms with E-state index in [-0.39, 0.29) is 6.04 Å². The third-order valence-corrected chi connectivity index (χ3v) is 4.14. The quantitative estimate of drug-likeness (QED) is 0.928. The van der Waals surface area contributed by atoms with Crippen LogP contribution in [0, 0.1) is 5.92 Å². The van der Waals surface area contributed by atoms with Crippen molar-refractivity contribution in [2.45, 2.75) is 25.9 Å². The van der Waals surface area contributed by atoms with E-state index in [2.05, 4.69) is 11.8 Å². The highest BCUT2D eigenvalue weighted by molar-refractivity contribution is 6.33. The zero-order chi connectivity index (χ0) is 14.7. The summed E-state index contributed by atoms with van der Waals surface area (Å²) in [4.78, 5) is 2.35. The second kappa shape index (κ2) is 6.66. The minimum atomic E-state index is 0.248. The van der Waals surface area contributed by atoms with E-state index in [0.29, 0.717) is 22.4 Å². The molecule has 2 rings (SSSR count). The molecule has 2 atom stereocenters. The first-order chi connectivity index (χ1) is 9.55. The second-order valence-electron chi connectivity index (χ2n) is 5.57. The number of rotatable bonds is 4. The first-order valence-corrected chi connectivity index (χ1v) is 7.30. The Hall–Kier alpha value is -0.970. The Bertz CT molecular complexity index is 457. The second-order valence-corrected chi connectivity index (χ2v) is 5.95. The lowest BCUT2D eigenvalue weighted by molar-refractivity contribution is 0.158. The van der Waals surface area contributed by atoms with E-state index < -0.39 is 0 Å². The average molecular weight is 299 g/mol. The maximum atomic E-state index is 6.42. The monoisotopic (exact) mass is 298 g/mol. The number of likely N-dealkylation sites (tertiary alicyclic amines) is 1. The molecular weight excluding hydrogens is 276 g/mol. The Morgan fingerprint density at radius 3 is 2.65 bits per heavy atom. The molecule has 4 nitrogen and oxygen atoms in total. The number of ether oxygens (including phenoxy) is 2. The largest absolute Gasteiger partial charge is 0.493 e. The van der Waals surface area contributed by atoms with E-state index in [4.69, 9.17) is 26.8 Å². The molecule has 112 valence electrons. The number of hydrogen-bond donors (Lipinski definition) is 1. The molecule has 0 aliphatic carbocycles. The average Bonchev–Trinajstić information content (AvgIpc) is 2.39. The van der Waals surface area contributed by atoms with Crippen molar-refractivity contribution in [3.05, 3.63) is 22.7 Å². The molecule has 0 amide bonds. The minimum absolute atomic E-state index is 0.248. The normalized spacial score (nSPS) is 23.6. The van der Waals surface area contributed by atoms with Crippen molar-refractivity contribution in [3.63, 3.8) is 0 Å². The van der Waals surface area contributed by atoms with Gasteiger partial charge in [-0.1, -0.05) is 24.6 Å². The molecule has 1 aliphatic heterocycles. The van der Waals surface area contributed by atoms with Gasteiger partial charge in [-0.2, -0.15) is 0 Å². The first kappa shape index (κ1) is 15.4. The summed E-state index contributed by atoms with van der Waals surface area (Å²) < 4.78 is 10.6. The van der Waals surface area contributed by atoms with Gasteiger partial charge in [-0.05, 0) is 24.0 Å². The molecule has 1 aromatic rings. The van der Waals surface area contributed by atoms with Crippen molar-refractivity contribution >= 4 is 11.6 Å². The molecular formula is C15H23ClN2O2. The number of nitrogens with zero attached hydrogens (tertiary/aromatic N) is 1. The topological polar surface area (TPSA) is 47.7 Å². The number of hydrogen-bond acceptors (Lipinski definition) is 4. The number of nitrogens with two attached hydrogens (primary N) is 1. The lowest BCUT2D eigenvalue weighted by Gasteiger charge is -2.35. The molecule has 1 aliphatic rings. The van der Waals surface area contributed by atoms with E-state index in [1.54, 1.807) is 14.2 Å². The number of halogens is 1. The Labute approximate surface area is 125 Å². The highest BCUT2D eigenvalue weighted by atomic mass is 35.5. The van der Waals surface area contributed by atoms with Gasteiger partial charge in [0.2, 0.25) is 0 Å². The summed E-state index contributed by atoms with van der Waals surface area (Å²) in [6.07, 6.45) is 1.09. The van der Waals surface area contributed by atoms with Crippen molar-refractivity contribution in [1.82, 2.24) is 4.90 Å². The van der Waals surface area contributed by atoms with Gasteiger partial charge in [0.1, 0.15) is 0 Å². The molecule has 1 aromatic carbocycles. The molecule has 1 saturated heterocycles. The van der Waals surface area contributed by atoms with Crippen LogP contribution in [-0.2, 0) is 6.54 Å². The number of piperidine rings is 1. The van der Waals surface area contributed by atoms with Crippen LogP contribution < -0.4 is 15.2 Å². The van der Waals surface area contributed by atoms with Crippen LogP contribution in [0.5, 0.6) is 11.5 Å². The van der Waals surface area contributed by atoms with Gasteiger partial charge in [0.05, 0.1) is 19.2 Å². The van der Waals surface area contributed by atoms with Gasteiger partial charge in [0, 0.05) is 25.7 Å². The van der Waals surface area contributed by atoms with Crippen LogP contribution in [0.25, 0.3) is 0 Å². The highest BCUT2D eigenvalue weighted by Crippen LogP contribution is 2.38. The Morgan fingerprint density at radius 2 is 2.05 bits per heavy atom. The van der Waals surface area contributed by atoms with Gasteiger partial charge >= 0.3 is 0 Å². The van der Waals surface area contributed by atoms with Gasteiger partial charge < -0.3 is 15.2 Å². The Balaban J connectivity index is 2.17. The summed E-state index contributed by atoms with van der Waals surface area (Å²) >= 11 is 6.42. The number of methoxy groups -OCH3 is 2. The van der Waals surface area contributed by atoms with Crippen molar-refractivity contribution < 1.29 is 9.47 Å². The Kier molecular flexibility index (Phi) is 5.13. The molecule has 5 heteroatoms. The fraction of sp³-hybridized carbons (Fsp3) is 0.600. The third kappa shape index (κ3) is 3.37. The molecule has 2 N–H and O–H groups in total. The first-order valence-electron chi connectivity index (χ1n) is 6.92. The lowest BCUT2D eigenvalue weighted by Crippen LogP contribution is -2.45. The Morgan fingerprint density at radius 1 is 1.30 bits per heavy atom. The fourth-order valence-corrected chi connectivity index (χ4v) is 3.23. The molecule has 1 fully saturated rings. The van der Waals surface area contributed by atoms with E-state index >= 15 is 0 Å². The smallest absolute Gasteiger partial charge is 0.179 e. The van der Waals surface area contributed by atoms with Crippen molar-refractivity contribution in [3.8, 4) is 11.5 Å². The van der Waals surface area contributed by atoms with Crippen LogP contribution in [0.1, 0.15) is 18.9 Å². The van der Waals surface area contributed by atoms with Gasteiger partial charge in [0.25, 0.3) is 0 Å². The molecule has 0 aromatic heterocycles. The maximum absolute atomic E-state index is 6.42. The van der Waals surface area contributed by atoms with Crippen LogP contribution >= 0.6 is 11.6 Å². The molecule has 2 unspecified atom stereocenters. The lowest BCUT2D eigenvalue weighted by atomic mass is 9.96. The zero-order valence-electron chi connectivity index (χ0n) is 12.4. The standard InChI is InChI=1S/C15H23ClN2O2/c1-10-6-12(17)9-18(7-10)8-11-4-5-13(19-2)15(20-3)14(11)16/h4-5,10,12H,6-9,17H2,1-3H3. The maximum Gasteiger partial charge on any atom is 0.179 e. The number of benzene rings is 1. The summed E-state index contributed by atoms with van der Waals surface area (Å²) in [5.41, 5.74) is 7.14. The third-order valence-electron chi connectivity index (χ3n) is 3.73. The highest BCUT2D eigenvalue weighted by Gasteiger charge is 2.23. The van der Waals surface area contributed by atoms with E-state index in [1.165, 1.54) is 0 Å². The van der Waals surface area contributed by atoms with Crippen molar-refractivity contribution in [1.29, 1.82) is 0 Å². The summed E-state index contributed by atoms with van der Waals surface area (Å²) in [5.74, 6) is 1.88. The molecule has 1 heterocycles. The van der Waals surface area contributed by atoms with Crippen LogP contribution in [-0.4, -0.2) is 38.3 Å².